The van der Waals surface area contributed by atoms with Gasteiger partial charge in [-0.25, -0.2) is 9.59 Å². The molecule has 0 bridgehead atoms. The molecule has 2 aromatic carbocycles. The summed E-state index contributed by atoms with van der Waals surface area (Å²) in [4.78, 5) is 42.5. The summed E-state index contributed by atoms with van der Waals surface area (Å²) < 4.78 is 99.2. The van der Waals surface area contributed by atoms with Gasteiger partial charge in [-0.15, -0.1) is 0 Å². The minimum Gasteiger partial charge on any atom is -0.490 e. The fourth-order valence-electron chi connectivity index (χ4n) is 10.1. The number of urea groups is 2. The number of carbonyl (C=O) groups is 2. The van der Waals surface area contributed by atoms with Crippen molar-refractivity contribution >= 4 is 106 Å². The molecule has 4 amide bonds. The minimum absolute atomic E-state index is 0.139. The van der Waals surface area contributed by atoms with Crippen LogP contribution >= 0.6 is 94.1 Å². The van der Waals surface area contributed by atoms with Crippen LogP contribution in [-0.2, 0) is 83.0 Å². The lowest BCUT2D eigenvalue weighted by molar-refractivity contribution is 0.0172. The second kappa shape index (κ2) is 34.8. The molecular weight excluding hydrogens is 1270 g/mol. The maximum Gasteiger partial charge on any atom is 0.324 e. The van der Waals surface area contributed by atoms with E-state index in [9.17, 15) is 0 Å². The van der Waals surface area contributed by atoms with Crippen LogP contribution in [0.5, 0.6) is 23.0 Å². The van der Waals surface area contributed by atoms with E-state index < -0.39 is 12.3 Å². The Labute approximate surface area is 536 Å². The number of carbonyl (C=O) groups excluding carboxylic acids is 2. The normalized spacial score (nSPS) is 18.9. The Bertz CT molecular complexity index is 2420. The predicted octanol–water partition coefficient (Wildman–Crippen LogP) is 9.33. The summed E-state index contributed by atoms with van der Waals surface area (Å²) in [7, 11) is 6.56. The first-order valence-corrected chi connectivity index (χ1v) is 35.1. The standard InChI is InChI=1S/C56H74N4O18S8/c1-63-5-9-67-13-17-71-21-25-75-41-37-33-57-49-50-59(55(57)61)35-39-40(36-60(50)56(62)58(49)34-38(37)42(76-26-22-72-18-14-68-10-6-64-2)46-45(41)83-53(84-46)51-79-29-30-80-51)44(78-28-24-74-20-16-70-12-8-66-4)48-47(85-54(86-48)52-81-31-32-82-52)43(39)77-27-23-73-19-15-69-11-7-65-3/h29-32,49-50H,5-28,33-36H2,1-4H3. The van der Waals surface area contributed by atoms with Crippen molar-refractivity contribution in [2.24, 2.45) is 0 Å². The van der Waals surface area contributed by atoms with Crippen LogP contribution in [0.4, 0.5) is 9.59 Å². The van der Waals surface area contributed by atoms with Crippen molar-refractivity contribution in [2.45, 2.75) is 58.1 Å². The maximum absolute atomic E-state index is 15.8. The molecule has 2 fully saturated rings. The number of hydrogen-bond acceptors (Lipinski definition) is 26. The molecule has 0 spiro atoms. The number of nitrogens with zero attached hydrogens (tertiary/aromatic N) is 4. The van der Waals surface area contributed by atoms with Crippen molar-refractivity contribution in [3.63, 3.8) is 0 Å². The van der Waals surface area contributed by atoms with E-state index >= 15 is 9.59 Å². The van der Waals surface area contributed by atoms with E-state index in [0.717, 1.165) is 58.8 Å². The van der Waals surface area contributed by atoms with Crippen LogP contribution in [0, 0.1) is 0 Å². The molecule has 30 heteroatoms. The number of amides is 4. The van der Waals surface area contributed by atoms with Gasteiger partial charge in [0.25, 0.3) is 0 Å². The molecule has 10 rings (SSSR count). The van der Waals surface area contributed by atoms with Crippen LogP contribution < -0.4 is 18.9 Å². The van der Waals surface area contributed by atoms with Crippen molar-refractivity contribution in [1.82, 2.24) is 19.6 Å². The molecule has 474 valence electrons. The molecule has 86 heavy (non-hydrogen) atoms. The van der Waals surface area contributed by atoms with Gasteiger partial charge in [-0.2, -0.15) is 0 Å². The van der Waals surface area contributed by atoms with Gasteiger partial charge in [0.05, 0.1) is 195 Å². The zero-order chi connectivity index (χ0) is 59.5. The zero-order valence-electron chi connectivity index (χ0n) is 48.7. The Morgan fingerprint density at radius 2 is 0.523 bits per heavy atom. The third-order valence-corrected chi connectivity index (χ3v) is 24.4. The van der Waals surface area contributed by atoms with Gasteiger partial charge in [0.2, 0.25) is 0 Å². The number of fused-ring (bicyclic) bond motifs is 4. The Kier molecular flexibility index (Phi) is 26.8. The Morgan fingerprint density at radius 3 is 0.744 bits per heavy atom. The highest BCUT2D eigenvalue weighted by Gasteiger charge is 2.62. The average Bonchev–Trinajstić information content (AvgIpc) is 1.56. The monoisotopic (exact) mass is 1350 g/mol. The van der Waals surface area contributed by atoms with Crippen molar-refractivity contribution in [3.8, 4) is 23.0 Å². The second-order valence-corrected chi connectivity index (χ2v) is 28.1. The number of rotatable bonds is 40. The second-order valence-electron chi connectivity index (χ2n) is 19.3. The van der Waals surface area contributed by atoms with Crippen LogP contribution in [0.15, 0.2) is 58.2 Å². The highest BCUT2D eigenvalue weighted by Crippen LogP contribution is 2.66. The Morgan fingerprint density at radius 1 is 0.314 bits per heavy atom. The van der Waals surface area contributed by atoms with E-state index in [2.05, 4.69) is 21.6 Å². The molecule has 0 saturated carbocycles. The van der Waals surface area contributed by atoms with Gasteiger partial charge in [0.1, 0.15) is 49.4 Å². The number of benzene rings is 2. The number of hydrogen-bond donors (Lipinski definition) is 0. The molecule has 0 unspecified atom stereocenters. The SMILES string of the molecule is COCCOCCOCCOc1c2c(c(OCCOCCOCCOC)c3c1SC(=C1SC=CS1)S3)CN1C(=O)N3Cc4c(c(OCCOCCOCCOC)c5c(c4OCCOCCOCCOC)SC(=C4SC=CS4)S5)CN4C(=O)N(C2)C1C43. The molecule has 0 N–H and O–H groups in total. The third-order valence-electron chi connectivity index (χ3n) is 13.9. The summed E-state index contributed by atoms with van der Waals surface area (Å²) in [6.07, 6.45) is -1.34. The zero-order valence-corrected chi connectivity index (χ0v) is 55.2. The van der Waals surface area contributed by atoms with Crippen molar-refractivity contribution in [3.05, 3.63) is 60.8 Å². The minimum atomic E-state index is -0.672. The number of thioether (sulfide) groups is 8. The van der Waals surface area contributed by atoms with Crippen LogP contribution in [0.3, 0.4) is 0 Å². The van der Waals surface area contributed by atoms with Crippen molar-refractivity contribution in [2.75, 3.05) is 187 Å². The smallest absolute Gasteiger partial charge is 0.324 e. The largest absolute Gasteiger partial charge is 0.490 e. The molecule has 22 nitrogen and oxygen atoms in total. The van der Waals surface area contributed by atoms with Gasteiger partial charge in [-0.05, 0) is 21.6 Å². The highest BCUT2D eigenvalue weighted by molar-refractivity contribution is 8.32. The molecular formula is C56H74N4O18S8. The van der Waals surface area contributed by atoms with E-state index in [1.54, 1.807) is 123 Å². The lowest BCUT2D eigenvalue weighted by atomic mass is 10.0. The third kappa shape index (κ3) is 16.4. The van der Waals surface area contributed by atoms with Crippen LogP contribution in [0.25, 0.3) is 0 Å². The van der Waals surface area contributed by atoms with Crippen molar-refractivity contribution in [1.29, 1.82) is 0 Å². The molecule has 8 heterocycles. The van der Waals surface area contributed by atoms with Gasteiger partial charge in [0.15, 0.2) is 12.3 Å². The first-order chi connectivity index (χ1) is 42.4. The summed E-state index contributed by atoms with van der Waals surface area (Å²) in [5.41, 5.74) is 3.09. The fraction of sp³-hybridized carbons (Fsp3) is 0.607. The van der Waals surface area contributed by atoms with Crippen molar-refractivity contribution < 1.29 is 85.4 Å². The average molecular weight is 1350 g/mol. The molecule has 0 aliphatic carbocycles. The van der Waals surface area contributed by atoms with Gasteiger partial charge < -0.3 is 75.8 Å². The molecule has 2 saturated heterocycles. The number of methoxy groups -OCH3 is 4. The Hall–Kier alpha value is -2.54. The molecule has 0 atom stereocenters. The van der Waals surface area contributed by atoms with Gasteiger partial charge in [-0.1, -0.05) is 94.1 Å². The van der Waals surface area contributed by atoms with E-state index in [-0.39, 0.29) is 64.7 Å². The highest BCUT2D eigenvalue weighted by atomic mass is 32.2. The van der Waals surface area contributed by atoms with Crippen LogP contribution in [0.2, 0.25) is 0 Å². The Balaban J connectivity index is 0.983. The summed E-state index contributed by atoms with van der Waals surface area (Å²) in [6.45, 7) is 9.70. The maximum atomic E-state index is 15.8. The summed E-state index contributed by atoms with van der Waals surface area (Å²) in [6, 6.07) is -0.461. The topological polar surface area (TPSA) is 195 Å². The molecule has 0 aromatic heterocycles. The first-order valence-electron chi connectivity index (χ1n) is 28.3. The van der Waals surface area contributed by atoms with E-state index in [1.165, 1.54) is 0 Å². The summed E-state index contributed by atoms with van der Waals surface area (Å²) in [5.74, 6) is 2.55. The molecule has 2 aromatic rings. The van der Waals surface area contributed by atoms with E-state index in [0.29, 0.717) is 155 Å². The fourth-order valence-corrected chi connectivity index (χ4v) is 19.9. The van der Waals surface area contributed by atoms with E-state index in [4.69, 9.17) is 75.8 Å². The van der Waals surface area contributed by atoms with E-state index in [1.807, 2.05) is 19.6 Å². The first kappa shape index (κ1) is 66.4. The van der Waals surface area contributed by atoms with Gasteiger partial charge in [0, 0.05) is 50.7 Å². The predicted molar refractivity (Wildman–Crippen MR) is 336 cm³/mol. The molecule has 8 aliphatic rings. The van der Waals surface area contributed by atoms with Gasteiger partial charge in [-0.3, -0.25) is 19.6 Å². The number of ether oxygens (including phenoxy) is 16. The molecule has 8 aliphatic heterocycles. The summed E-state index contributed by atoms with van der Waals surface area (Å²) in [5, 5.41) is 8.33. The molecule has 0 radical (unpaired) electrons. The summed E-state index contributed by atoms with van der Waals surface area (Å²) >= 11 is 13.2. The quantitative estimate of drug-likeness (QED) is 0.0572. The lowest BCUT2D eigenvalue weighted by Crippen LogP contribution is -2.43. The van der Waals surface area contributed by atoms with Crippen LogP contribution in [-0.4, -0.2) is 231 Å². The lowest BCUT2D eigenvalue weighted by Gasteiger charge is -2.26. The van der Waals surface area contributed by atoms with Crippen LogP contribution in [0.1, 0.15) is 22.3 Å². The van der Waals surface area contributed by atoms with Gasteiger partial charge >= 0.3 is 12.1 Å².